The second-order valence-electron chi connectivity index (χ2n) is 14.5. The SMILES string of the molecule is C=C(c1cc(Cl)c2c3c(Cl)cc4c(=O)n5c6ccc7ccccc7c6nc5c5cc(Cl)c(c6c(Cl)cc(C=O)c1c26)c3c45)N(C)c1ccc2ccccc2c1C. The van der Waals surface area contributed by atoms with E-state index in [0.717, 1.165) is 39.1 Å². The summed E-state index contributed by atoms with van der Waals surface area (Å²) in [5.41, 5.74) is 5.31. The lowest BCUT2D eigenvalue weighted by Gasteiger charge is -2.27. The van der Waals surface area contributed by atoms with E-state index in [9.17, 15) is 9.59 Å². The number of benzene rings is 9. The molecule has 56 heavy (non-hydrogen) atoms. The summed E-state index contributed by atoms with van der Waals surface area (Å²) in [5.74, 6) is 0. The Morgan fingerprint density at radius 1 is 0.661 bits per heavy atom. The Hall–Kier alpha value is -5.69. The minimum absolute atomic E-state index is 0.255. The largest absolute Gasteiger partial charge is 0.344 e. The van der Waals surface area contributed by atoms with Gasteiger partial charge in [0.05, 0.1) is 16.4 Å². The van der Waals surface area contributed by atoms with Crippen LogP contribution in [0, 0.1) is 6.92 Å². The fourth-order valence-corrected chi connectivity index (χ4v) is 10.4. The Kier molecular flexibility index (Phi) is 7.01. The van der Waals surface area contributed by atoms with Crippen LogP contribution in [0.5, 0.6) is 0 Å². The predicted octanol–water partition coefficient (Wildman–Crippen LogP) is 13.6. The summed E-state index contributed by atoms with van der Waals surface area (Å²) in [5, 5.41) is 11.7. The Morgan fingerprint density at radius 3 is 1.93 bits per heavy atom. The zero-order chi connectivity index (χ0) is 38.5. The summed E-state index contributed by atoms with van der Waals surface area (Å²) >= 11 is 29.3. The lowest BCUT2D eigenvalue weighted by atomic mass is 9.84. The minimum Gasteiger partial charge on any atom is -0.344 e. The number of hydrogen-bond donors (Lipinski definition) is 0. The molecule has 0 aliphatic heterocycles. The Bertz CT molecular complexity index is 3670. The summed E-state index contributed by atoms with van der Waals surface area (Å²) in [7, 11) is 1.95. The molecule has 0 spiro atoms. The summed E-state index contributed by atoms with van der Waals surface area (Å²) in [6.07, 6.45) is 0.798. The van der Waals surface area contributed by atoms with E-state index in [0.29, 0.717) is 107 Å². The molecule has 0 aliphatic carbocycles. The van der Waals surface area contributed by atoms with E-state index >= 15 is 0 Å². The van der Waals surface area contributed by atoms with Gasteiger partial charge in [0, 0.05) is 104 Å². The molecule has 0 saturated heterocycles. The molecule has 0 atom stereocenters. The molecule has 0 bridgehead atoms. The van der Waals surface area contributed by atoms with Gasteiger partial charge >= 0.3 is 0 Å². The number of imidazole rings is 1. The number of aromatic nitrogens is 2. The number of anilines is 1. The van der Waals surface area contributed by atoms with Crippen LogP contribution >= 0.6 is 46.4 Å². The van der Waals surface area contributed by atoms with Gasteiger partial charge in [0.15, 0.2) is 6.29 Å². The van der Waals surface area contributed by atoms with Gasteiger partial charge in [-0.05, 0) is 65.0 Å². The molecule has 2 aromatic heterocycles. The molecule has 9 heteroatoms. The molecule has 0 aliphatic rings. The van der Waals surface area contributed by atoms with Crippen LogP contribution in [0.3, 0.4) is 0 Å². The summed E-state index contributed by atoms with van der Waals surface area (Å²) in [6, 6.07) is 31.3. The standard InChI is InChI=1S/C47H25Cl4N3O2/c1-21-26-10-6-4-8-23(26)12-14-35(21)53(3)22(2)28-17-32(49)40-42-34(51)19-30-38-29(18-33(50)41(44(38)42)39-31(48)16-25(20-55)37(28)43(39)40)46-52-45-27-11-7-5-9-24(27)13-15-36(45)54(46)47(30)56/h4-20H,2H2,1,3H3. The van der Waals surface area contributed by atoms with Crippen molar-refractivity contribution in [2.45, 2.75) is 6.92 Å². The van der Waals surface area contributed by atoms with Crippen molar-refractivity contribution >= 4 is 156 Å². The van der Waals surface area contributed by atoms with Crippen molar-refractivity contribution in [2.75, 3.05) is 11.9 Å². The maximum atomic E-state index is 14.6. The van der Waals surface area contributed by atoms with Crippen LogP contribution in [0.2, 0.25) is 20.1 Å². The van der Waals surface area contributed by atoms with Crippen LogP contribution < -0.4 is 10.5 Å². The predicted molar refractivity (Wildman–Crippen MR) is 238 cm³/mol. The van der Waals surface area contributed by atoms with E-state index in [4.69, 9.17) is 51.4 Å². The maximum absolute atomic E-state index is 14.6. The zero-order valence-electron chi connectivity index (χ0n) is 29.7. The monoisotopic (exact) mass is 803 g/mol. The summed E-state index contributed by atoms with van der Waals surface area (Å²) in [6.45, 7) is 6.65. The molecule has 0 radical (unpaired) electrons. The number of fused-ring (bicyclic) bond motifs is 9. The van der Waals surface area contributed by atoms with Crippen molar-refractivity contribution in [2.24, 2.45) is 0 Å². The van der Waals surface area contributed by atoms with Crippen molar-refractivity contribution in [3.05, 3.63) is 151 Å². The van der Waals surface area contributed by atoms with Gasteiger partial charge in [0.1, 0.15) is 5.65 Å². The highest BCUT2D eigenvalue weighted by Crippen LogP contribution is 2.53. The number of rotatable bonds is 4. The van der Waals surface area contributed by atoms with Gasteiger partial charge in [-0.1, -0.05) is 114 Å². The third kappa shape index (κ3) is 4.21. The molecule has 9 aromatic carbocycles. The van der Waals surface area contributed by atoms with E-state index in [2.05, 4.69) is 37.8 Å². The smallest absolute Gasteiger partial charge is 0.264 e. The van der Waals surface area contributed by atoms with Gasteiger partial charge in [-0.15, -0.1) is 0 Å². The summed E-state index contributed by atoms with van der Waals surface area (Å²) in [4.78, 5) is 34.7. The van der Waals surface area contributed by atoms with Crippen LogP contribution in [0.4, 0.5) is 5.69 Å². The van der Waals surface area contributed by atoms with Gasteiger partial charge in [0.25, 0.3) is 5.56 Å². The number of halogens is 4. The quantitative estimate of drug-likeness (QED) is 0.101. The zero-order valence-corrected chi connectivity index (χ0v) is 32.7. The van der Waals surface area contributed by atoms with Crippen molar-refractivity contribution in [3.8, 4) is 0 Å². The first-order chi connectivity index (χ1) is 27.1. The number of aryl methyl sites for hydroxylation is 1. The van der Waals surface area contributed by atoms with Gasteiger partial charge in [-0.3, -0.25) is 14.0 Å². The molecule has 11 aromatic rings. The van der Waals surface area contributed by atoms with E-state index in [1.165, 1.54) is 0 Å². The highest BCUT2D eigenvalue weighted by molar-refractivity contribution is 6.55. The van der Waals surface area contributed by atoms with Gasteiger partial charge in [-0.25, -0.2) is 4.98 Å². The molecular formula is C47H25Cl4N3O2. The highest BCUT2D eigenvalue weighted by Gasteiger charge is 2.29. The second-order valence-corrected chi connectivity index (χ2v) is 16.1. The second kappa shape index (κ2) is 11.7. The molecule has 5 nitrogen and oxygen atoms in total. The Balaban J connectivity index is 1.28. The van der Waals surface area contributed by atoms with Crippen molar-refractivity contribution in [1.29, 1.82) is 0 Å². The average molecular weight is 806 g/mol. The molecular weight excluding hydrogens is 780 g/mol. The number of nitrogens with zero attached hydrogens (tertiary/aromatic N) is 3. The Labute approximate surface area is 338 Å². The van der Waals surface area contributed by atoms with Crippen LogP contribution in [0.25, 0.3) is 97.8 Å². The lowest BCUT2D eigenvalue weighted by Crippen LogP contribution is -2.16. The van der Waals surface area contributed by atoms with Crippen LogP contribution in [-0.2, 0) is 0 Å². The molecule has 0 fully saturated rings. The van der Waals surface area contributed by atoms with E-state index in [1.54, 1.807) is 16.5 Å². The number of pyridine rings is 1. The first-order valence-electron chi connectivity index (χ1n) is 17.9. The molecule has 0 amide bonds. The number of carbonyl (C=O) groups is 1. The third-order valence-corrected chi connectivity index (χ3v) is 12.9. The number of aldehydes is 1. The molecule has 2 heterocycles. The van der Waals surface area contributed by atoms with Gasteiger partial charge in [-0.2, -0.15) is 0 Å². The topological polar surface area (TPSA) is 54.7 Å². The van der Waals surface area contributed by atoms with Crippen LogP contribution in [-0.4, -0.2) is 22.7 Å². The summed E-state index contributed by atoms with van der Waals surface area (Å²) < 4.78 is 1.65. The minimum atomic E-state index is -0.255. The third-order valence-electron chi connectivity index (χ3n) is 11.7. The first kappa shape index (κ1) is 33.6. The van der Waals surface area contributed by atoms with Crippen molar-refractivity contribution in [3.63, 3.8) is 0 Å². The molecule has 0 N–H and O–H groups in total. The highest BCUT2D eigenvalue weighted by atomic mass is 35.5. The number of hydrogen-bond acceptors (Lipinski definition) is 4. The normalized spacial score (nSPS) is 12.3. The van der Waals surface area contributed by atoms with Crippen molar-refractivity contribution < 1.29 is 4.79 Å². The van der Waals surface area contributed by atoms with E-state index in [-0.39, 0.29) is 5.56 Å². The number of carbonyl (C=O) groups excluding carboxylic acids is 1. The molecule has 0 saturated carbocycles. The van der Waals surface area contributed by atoms with Crippen LogP contribution in [0.15, 0.2) is 108 Å². The van der Waals surface area contributed by atoms with Gasteiger partial charge < -0.3 is 4.90 Å². The lowest BCUT2D eigenvalue weighted by molar-refractivity contribution is 0.112. The first-order valence-corrected chi connectivity index (χ1v) is 19.4. The van der Waals surface area contributed by atoms with Crippen LogP contribution in [0.1, 0.15) is 21.5 Å². The molecule has 268 valence electrons. The fraction of sp³-hybridized carbons (Fsp3) is 0.0426. The van der Waals surface area contributed by atoms with E-state index in [1.807, 2.05) is 72.6 Å². The average Bonchev–Trinajstić information content (AvgIpc) is 3.61. The van der Waals surface area contributed by atoms with Gasteiger partial charge in [0.2, 0.25) is 0 Å². The van der Waals surface area contributed by atoms with Crippen molar-refractivity contribution in [1.82, 2.24) is 9.38 Å². The fourth-order valence-electron chi connectivity index (χ4n) is 9.24. The Morgan fingerprint density at radius 2 is 1.23 bits per heavy atom. The molecule has 11 rings (SSSR count). The maximum Gasteiger partial charge on any atom is 0.264 e. The molecule has 0 unspecified atom stereocenters. The van der Waals surface area contributed by atoms with E-state index < -0.39 is 0 Å².